The van der Waals surface area contributed by atoms with Gasteiger partial charge in [-0.3, -0.25) is 0 Å². The van der Waals surface area contributed by atoms with Crippen LogP contribution in [0.15, 0.2) is 24.3 Å². The summed E-state index contributed by atoms with van der Waals surface area (Å²) in [6.45, 7) is 2.79. The van der Waals surface area contributed by atoms with E-state index in [0.717, 1.165) is 0 Å². The number of aliphatic hydroxyl groups excluding tert-OH is 1. The Labute approximate surface area is 111 Å². The van der Waals surface area contributed by atoms with Gasteiger partial charge in [0.05, 0.1) is 0 Å². The van der Waals surface area contributed by atoms with Gasteiger partial charge >= 0.3 is 0 Å². The van der Waals surface area contributed by atoms with Gasteiger partial charge in [0.1, 0.15) is 6.10 Å². The molecular weight excluding hydrogens is 283 g/mol. The third-order valence-corrected chi connectivity index (χ3v) is 6.03. The van der Waals surface area contributed by atoms with Crippen LogP contribution in [0.5, 0.6) is 0 Å². The highest BCUT2D eigenvalue weighted by molar-refractivity contribution is 7.94. The molecule has 0 aliphatic heterocycles. The number of benzene rings is 1. The maximum absolute atomic E-state index is 11.8. The van der Waals surface area contributed by atoms with E-state index in [0.29, 0.717) is 10.6 Å². The summed E-state index contributed by atoms with van der Waals surface area (Å²) in [6.07, 6.45) is -1.30. The highest BCUT2D eigenvalue weighted by Crippen LogP contribution is 2.37. The number of halogens is 2. The summed E-state index contributed by atoms with van der Waals surface area (Å²) in [6, 6.07) is 6.26. The average Bonchev–Trinajstić information content (AvgIpc) is 2.28. The fourth-order valence-corrected chi connectivity index (χ4v) is 3.02. The Bertz CT molecular complexity index is 480. The van der Waals surface area contributed by atoms with Crippen molar-refractivity contribution in [1.29, 1.82) is 0 Å². The lowest BCUT2D eigenvalue weighted by atomic mass is 10.1. The summed E-state index contributed by atoms with van der Waals surface area (Å²) in [7, 11) is -3.57. The molecule has 0 aliphatic rings. The average molecular weight is 297 g/mol. The third kappa shape index (κ3) is 2.94. The molecule has 1 N–H and O–H groups in total. The molecule has 2 atom stereocenters. The van der Waals surface area contributed by atoms with E-state index in [2.05, 4.69) is 0 Å². The Hall–Kier alpha value is -0.290. The summed E-state index contributed by atoms with van der Waals surface area (Å²) >= 11 is 11.7. The first-order chi connectivity index (χ1) is 7.72. The summed E-state index contributed by atoms with van der Waals surface area (Å²) in [4.78, 5) is 0. The van der Waals surface area contributed by atoms with Gasteiger partial charge in [-0.2, -0.15) is 0 Å². The van der Waals surface area contributed by atoms with Crippen molar-refractivity contribution in [2.24, 2.45) is 0 Å². The normalized spacial score (nSPS) is 17.5. The molecule has 0 amide bonds. The van der Waals surface area contributed by atoms with Gasteiger partial charge in [-0.25, -0.2) is 8.42 Å². The van der Waals surface area contributed by atoms with Crippen molar-refractivity contribution in [1.82, 2.24) is 0 Å². The molecule has 0 spiro atoms. The van der Waals surface area contributed by atoms with Crippen LogP contribution in [0.25, 0.3) is 0 Å². The molecule has 1 aromatic carbocycles. The van der Waals surface area contributed by atoms with E-state index in [1.54, 1.807) is 24.3 Å². The molecule has 1 rings (SSSR count). The number of sulfone groups is 1. The zero-order valence-electron chi connectivity index (χ0n) is 9.52. The van der Waals surface area contributed by atoms with Crippen LogP contribution in [0, 0.1) is 0 Å². The van der Waals surface area contributed by atoms with Gasteiger partial charge in [0.2, 0.25) is 0 Å². The minimum absolute atomic E-state index is 0.127. The predicted octanol–water partition coefficient (Wildman–Crippen LogP) is 2.76. The van der Waals surface area contributed by atoms with E-state index in [4.69, 9.17) is 23.2 Å². The van der Waals surface area contributed by atoms with Gasteiger partial charge in [0, 0.05) is 10.8 Å². The molecule has 0 bridgehead atoms. The Morgan fingerprint density at radius 3 is 2.24 bits per heavy atom. The van der Waals surface area contributed by atoms with Crippen molar-refractivity contribution >= 4 is 33.0 Å². The van der Waals surface area contributed by atoms with Crippen LogP contribution in [0.4, 0.5) is 0 Å². The molecule has 0 fully saturated rings. The summed E-state index contributed by atoms with van der Waals surface area (Å²) in [5, 5.41) is 10.6. The second-order valence-electron chi connectivity index (χ2n) is 3.84. The predicted molar refractivity (Wildman–Crippen MR) is 70.1 cm³/mol. The largest absolute Gasteiger partial charge is 0.385 e. The maximum atomic E-state index is 11.8. The molecule has 6 heteroatoms. The number of alkyl halides is 1. The highest BCUT2D eigenvalue weighted by Gasteiger charge is 2.43. The molecule has 0 radical (unpaired) electrons. The van der Waals surface area contributed by atoms with Crippen LogP contribution in [0.1, 0.15) is 25.5 Å². The van der Waals surface area contributed by atoms with E-state index in [1.807, 2.05) is 0 Å². The standard InChI is InChI=1S/C11H14Cl2O3S/c1-3-17(15,16)11(2,13)10(14)8-4-6-9(12)7-5-8/h4-7,10,14H,3H2,1-2H3/t10-,11+/m0/s1. The fraction of sp³-hybridized carbons (Fsp3) is 0.455. The molecule has 3 nitrogen and oxygen atoms in total. The minimum atomic E-state index is -3.57. The Morgan fingerprint density at radius 1 is 1.35 bits per heavy atom. The van der Waals surface area contributed by atoms with Crippen LogP contribution in [-0.2, 0) is 9.84 Å². The van der Waals surface area contributed by atoms with Crippen molar-refractivity contribution in [3.63, 3.8) is 0 Å². The van der Waals surface area contributed by atoms with Crippen LogP contribution < -0.4 is 0 Å². The van der Waals surface area contributed by atoms with Crippen LogP contribution in [-0.4, -0.2) is 23.5 Å². The second kappa shape index (κ2) is 5.14. The van der Waals surface area contributed by atoms with Gasteiger partial charge in [0.25, 0.3) is 0 Å². The zero-order chi connectivity index (χ0) is 13.3. The molecular formula is C11H14Cl2O3S. The van der Waals surface area contributed by atoms with E-state index in [9.17, 15) is 13.5 Å². The van der Waals surface area contributed by atoms with E-state index in [1.165, 1.54) is 13.8 Å². The molecule has 1 aromatic rings. The first kappa shape index (κ1) is 14.8. The Kier molecular flexibility index (Phi) is 4.47. The summed E-state index contributed by atoms with van der Waals surface area (Å²) in [5.41, 5.74) is 0.420. The first-order valence-electron chi connectivity index (χ1n) is 5.07. The van der Waals surface area contributed by atoms with Crippen molar-refractivity contribution < 1.29 is 13.5 Å². The monoisotopic (exact) mass is 296 g/mol. The number of hydrogen-bond acceptors (Lipinski definition) is 3. The quantitative estimate of drug-likeness (QED) is 0.869. The van der Waals surface area contributed by atoms with E-state index < -0.39 is 20.1 Å². The number of rotatable bonds is 4. The van der Waals surface area contributed by atoms with Gasteiger partial charge in [-0.1, -0.05) is 42.3 Å². The van der Waals surface area contributed by atoms with Crippen molar-refractivity contribution in [2.75, 3.05) is 5.75 Å². The minimum Gasteiger partial charge on any atom is -0.385 e. The van der Waals surface area contributed by atoms with E-state index >= 15 is 0 Å². The summed E-state index contributed by atoms with van der Waals surface area (Å²) in [5.74, 6) is -0.127. The number of aliphatic hydroxyl groups is 1. The maximum Gasteiger partial charge on any atom is 0.172 e. The topological polar surface area (TPSA) is 54.4 Å². The lowest BCUT2D eigenvalue weighted by molar-refractivity contribution is 0.162. The second-order valence-corrected chi connectivity index (χ2v) is 7.94. The summed E-state index contributed by atoms with van der Waals surface area (Å²) < 4.78 is 21.8. The first-order valence-corrected chi connectivity index (χ1v) is 7.48. The van der Waals surface area contributed by atoms with Crippen LogP contribution >= 0.6 is 23.2 Å². The smallest absolute Gasteiger partial charge is 0.172 e. The Balaban J connectivity index is 3.12. The van der Waals surface area contributed by atoms with Crippen molar-refractivity contribution in [3.05, 3.63) is 34.9 Å². The van der Waals surface area contributed by atoms with E-state index in [-0.39, 0.29) is 5.75 Å². The third-order valence-electron chi connectivity index (χ3n) is 2.66. The Morgan fingerprint density at radius 2 is 1.82 bits per heavy atom. The molecule has 0 saturated carbocycles. The van der Waals surface area contributed by atoms with Gasteiger partial charge < -0.3 is 5.11 Å². The SMILES string of the molecule is CCS(=O)(=O)[C@@](C)(Cl)[C@@H](O)c1ccc(Cl)cc1. The number of hydrogen-bond donors (Lipinski definition) is 1. The highest BCUT2D eigenvalue weighted by atomic mass is 35.5. The van der Waals surface area contributed by atoms with Crippen LogP contribution in [0.2, 0.25) is 5.02 Å². The molecule has 0 saturated heterocycles. The van der Waals surface area contributed by atoms with Crippen molar-refractivity contribution in [2.45, 2.75) is 24.2 Å². The molecule has 17 heavy (non-hydrogen) atoms. The van der Waals surface area contributed by atoms with Gasteiger partial charge in [-0.15, -0.1) is 0 Å². The fourth-order valence-electron chi connectivity index (χ4n) is 1.40. The lowest BCUT2D eigenvalue weighted by Gasteiger charge is -2.27. The molecule has 0 heterocycles. The zero-order valence-corrected chi connectivity index (χ0v) is 11.9. The molecule has 0 aromatic heterocycles. The molecule has 0 unspecified atom stereocenters. The van der Waals surface area contributed by atoms with Gasteiger partial charge in [0.15, 0.2) is 14.0 Å². The van der Waals surface area contributed by atoms with Crippen LogP contribution in [0.3, 0.4) is 0 Å². The molecule has 96 valence electrons. The van der Waals surface area contributed by atoms with Crippen molar-refractivity contribution in [3.8, 4) is 0 Å². The van der Waals surface area contributed by atoms with Gasteiger partial charge in [-0.05, 0) is 24.6 Å². The molecule has 0 aliphatic carbocycles. The lowest BCUT2D eigenvalue weighted by Crippen LogP contribution is -2.37.